The zero-order valence-electron chi connectivity index (χ0n) is 6.59. The van der Waals surface area contributed by atoms with E-state index in [0.717, 1.165) is 0 Å². The molecule has 0 aliphatic carbocycles. The molecular weight excluding hydrogens is 183 g/mol. The zero-order chi connectivity index (χ0) is 9.61. The van der Waals surface area contributed by atoms with Crippen molar-refractivity contribution in [1.29, 1.82) is 0 Å². The van der Waals surface area contributed by atoms with Crippen LogP contribution in [0.4, 0.5) is 0 Å². The van der Waals surface area contributed by atoms with Gasteiger partial charge in [0.15, 0.2) is 0 Å². The Morgan fingerprint density at radius 1 is 1.67 bits per heavy atom. The third-order valence-electron chi connectivity index (χ3n) is 1.05. The van der Waals surface area contributed by atoms with Crippen LogP contribution < -0.4 is 0 Å². The first-order valence-corrected chi connectivity index (χ1v) is 5.14. The van der Waals surface area contributed by atoms with Crippen LogP contribution in [-0.2, 0) is 9.09 Å². The van der Waals surface area contributed by atoms with Crippen molar-refractivity contribution in [2.75, 3.05) is 19.4 Å². The number of hydrogen-bond acceptors (Lipinski definition) is 4. The quantitative estimate of drug-likeness (QED) is 0.402. The summed E-state index contributed by atoms with van der Waals surface area (Å²) in [4.78, 5) is 8.96. The zero-order valence-corrected chi connectivity index (χ0v) is 7.48. The summed E-state index contributed by atoms with van der Waals surface area (Å²) in [5, 5.41) is 17.2. The van der Waals surface area contributed by atoms with Crippen molar-refractivity contribution >= 4 is 7.60 Å². The monoisotopic (exact) mass is 196 g/mol. The van der Waals surface area contributed by atoms with E-state index in [9.17, 15) is 4.57 Å². The second-order valence-corrected chi connectivity index (χ2v) is 4.14. The molecule has 0 aromatic rings. The van der Waals surface area contributed by atoms with Crippen LogP contribution >= 0.6 is 7.60 Å². The van der Waals surface area contributed by atoms with Gasteiger partial charge in [-0.2, -0.15) is 0 Å². The highest BCUT2D eigenvalue weighted by Crippen LogP contribution is 2.42. The largest absolute Gasteiger partial charge is 0.394 e. The first kappa shape index (κ1) is 11.8. The van der Waals surface area contributed by atoms with E-state index in [-0.39, 0.29) is 6.61 Å². The molecule has 0 aliphatic heterocycles. The fraction of sp³-hybridized carbons (Fsp3) is 0.667. The van der Waals surface area contributed by atoms with Crippen LogP contribution in [0.1, 0.15) is 0 Å². The third kappa shape index (κ3) is 5.46. The Morgan fingerprint density at radius 3 is 2.67 bits per heavy atom. The van der Waals surface area contributed by atoms with E-state index in [1.54, 1.807) is 0 Å². The van der Waals surface area contributed by atoms with Crippen molar-refractivity contribution in [3.8, 4) is 0 Å². The summed E-state index contributed by atoms with van der Waals surface area (Å²) in [6, 6.07) is 0. The van der Waals surface area contributed by atoms with Gasteiger partial charge in [-0.1, -0.05) is 6.08 Å². The summed E-state index contributed by atoms with van der Waals surface area (Å²) >= 11 is 0. The predicted octanol–water partition coefficient (Wildman–Crippen LogP) is -0.272. The number of hydrogen-bond donors (Lipinski definition) is 3. The van der Waals surface area contributed by atoms with Crippen LogP contribution in [0.3, 0.4) is 0 Å². The maximum absolute atomic E-state index is 11.0. The van der Waals surface area contributed by atoms with Crippen LogP contribution in [-0.4, -0.2) is 40.6 Å². The standard InChI is InChI=1S/C6H13O5P/c1-2-3-11-12(9,10)5-6(8)4-7/h2,6-8H,1,3-5H2,(H,9,10). The Morgan fingerprint density at radius 2 is 2.25 bits per heavy atom. The van der Waals surface area contributed by atoms with Crippen LogP contribution in [0.15, 0.2) is 12.7 Å². The van der Waals surface area contributed by atoms with Crippen molar-refractivity contribution in [3.05, 3.63) is 12.7 Å². The fourth-order valence-electron chi connectivity index (χ4n) is 0.546. The van der Waals surface area contributed by atoms with Gasteiger partial charge in [-0.25, -0.2) is 0 Å². The number of rotatable bonds is 6. The summed E-state index contributed by atoms with van der Waals surface area (Å²) in [5.74, 6) is 0. The minimum Gasteiger partial charge on any atom is -0.394 e. The maximum atomic E-state index is 11.0. The highest BCUT2D eigenvalue weighted by Gasteiger charge is 2.22. The van der Waals surface area contributed by atoms with Crippen molar-refractivity contribution in [2.45, 2.75) is 6.10 Å². The number of aliphatic hydroxyl groups excluding tert-OH is 2. The summed E-state index contributed by atoms with van der Waals surface area (Å²) in [6.45, 7) is 2.69. The molecule has 0 spiro atoms. The second-order valence-electron chi connectivity index (χ2n) is 2.24. The molecule has 0 fully saturated rings. The molecule has 0 aromatic carbocycles. The fourth-order valence-corrected chi connectivity index (χ4v) is 1.64. The van der Waals surface area contributed by atoms with Crippen molar-refractivity contribution in [1.82, 2.24) is 0 Å². The summed E-state index contributed by atoms with van der Waals surface area (Å²) in [5.41, 5.74) is 0. The predicted molar refractivity (Wildman–Crippen MR) is 43.9 cm³/mol. The Kier molecular flexibility index (Phi) is 5.37. The van der Waals surface area contributed by atoms with Crippen LogP contribution in [0.5, 0.6) is 0 Å². The maximum Gasteiger partial charge on any atom is 0.331 e. The van der Waals surface area contributed by atoms with Crippen molar-refractivity contribution in [3.63, 3.8) is 0 Å². The molecule has 0 bridgehead atoms. The summed E-state index contributed by atoms with van der Waals surface area (Å²) < 4.78 is 15.4. The Labute approximate surface area is 70.8 Å². The molecule has 2 unspecified atom stereocenters. The lowest BCUT2D eigenvalue weighted by Gasteiger charge is -2.13. The lowest BCUT2D eigenvalue weighted by Crippen LogP contribution is -2.18. The first-order valence-electron chi connectivity index (χ1n) is 3.38. The highest BCUT2D eigenvalue weighted by molar-refractivity contribution is 7.52. The van der Waals surface area contributed by atoms with E-state index in [1.165, 1.54) is 6.08 Å². The van der Waals surface area contributed by atoms with Crippen LogP contribution in [0, 0.1) is 0 Å². The average Bonchev–Trinajstić information content (AvgIpc) is 2.00. The van der Waals surface area contributed by atoms with E-state index in [0.29, 0.717) is 0 Å². The highest BCUT2D eigenvalue weighted by atomic mass is 31.2. The van der Waals surface area contributed by atoms with Gasteiger partial charge in [-0.15, -0.1) is 6.58 Å². The molecule has 0 saturated carbocycles. The molecule has 0 amide bonds. The molecule has 12 heavy (non-hydrogen) atoms. The van der Waals surface area contributed by atoms with Crippen molar-refractivity contribution in [2.24, 2.45) is 0 Å². The van der Waals surface area contributed by atoms with E-state index in [1.807, 2.05) is 0 Å². The second kappa shape index (κ2) is 5.45. The molecule has 72 valence electrons. The minimum absolute atomic E-state index is 0.0497. The molecular formula is C6H13O5P. The minimum atomic E-state index is -3.76. The van der Waals surface area contributed by atoms with Gasteiger partial charge >= 0.3 is 7.60 Å². The molecule has 0 aromatic heterocycles. The SMILES string of the molecule is C=CCOP(=O)(O)CC(O)CO. The molecule has 0 radical (unpaired) electrons. The molecule has 6 heteroatoms. The van der Waals surface area contributed by atoms with Gasteiger partial charge in [0.2, 0.25) is 0 Å². The Balaban J connectivity index is 3.86. The smallest absolute Gasteiger partial charge is 0.331 e. The average molecular weight is 196 g/mol. The Hall–Kier alpha value is -0.190. The molecule has 0 rings (SSSR count). The normalized spacial score (nSPS) is 18.2. The van der Waals surface area contributed by atoms with E-state index < -0.39 is 26.5 Å². The van der Waals surface area contributed by atoms with Gasteiger partial charge in [-0.05, 0) is 0 Å². The van der Waals surface area contributed by atoms with Gasteiger partial charge in [0.05, 0.1) is 25.5 Å². The van der Waals surface area contributed by atoms with Gasteiger partial charge in [-0.3, -0.25) is 4.57 Å². The molecule has 0 aliphatic rings. The summed E-state index contributed by atoms with van der Waals surface area (Å²) in [6.07, 6.45) is -0.350. The molecule has 5 nitrogen and oxygen atoms in total. The molecule has 0 saturated heterocycles. The van der Waals surface area contributed by atoms with E-state index in [4.69, 9.17) is 15.1 Å². The van der Waals surface area contributed by atoms with Gasteiger partial charge in [0.25, 0.3) is 0 Å². The number of aliphatic hydroxyl groups is 2. The van der Waals surface area contributed by atoms with Crippen molar-refractivity contribution < 1.29 is 24.2 Å². The summed E-state index contributed by atoms with van der Waals surface area (Å²) in [7, 11) is -3.76. The molecule has 3 N–H and O–H groups in total. The van der Waals surface area contributed by atoms with E-state index >= 15 is 0 Å². The van der Waals surface area contributed by atoms with Gasteiger partial charge in [0, 0.05) is 0 Å². The lowest BCUT2D eigenvalue weighted by molar-refractivity contribution is 0.106. The van der Waals surface area contributed by atoms with Gasteiger partial charge < -0.3 is 19.6 Å². The Bertz CT molecular complexity index is 181. The lowest BCUT2D eigenvalue weighted by atomic mass is 10.4. The molecule has 0 heterocycles. The first-order chi connectivity index (χ1) is 5.52. The van der Waals surface area contributed by atoms with Crippen LogP contribution in [0.25, 0.3) is 0 Å². The third-order valence-corrected chi connectivity index (χ3v) is 2.48. The van der Waals surface area contributed by atoms with Gasteiger partial charge in [0.1, 0.15) is 0 Å². The van der Waals surface area contributed by atoms with Crippen LogP contribution in [0.2, 0.25) is 0 Å². The topological polar surface area (TPSA) is 87.0 Å². The molecule has 2 atom stereocenters. The van der Waals surface area contributed by atoms with E-state index in [2.05, 4.69) is 11.1 Å².